The zero-order valence-corrected chi connectivity index (χ0v) is 15.2. The van der Waals surface area contributed by atoms with Crippen LogP contribution in [0, 0.1) is 5.92 Å². The Balaban J connectivity index is 2.80. The molecule has 0 saturated heterocycles. The number of urea groups is 1. The molecule has 0 spiro atoms. The second-order valence-corrected chi connectivity index (χ2v) is 5.56. The predicted octanol–water partition coefficient (Wildman–Crippen LogP) is 2.01. The second kappa shape index (κ2) is 9.61. The molecular formula is C17H26N2O6. The average molecular weight is 354 g/mol. The normalized spacial score (nSPS) is 12.7. The van der Waals surface area contributed by atoms with Crippen molar-refractivity contribution in [3.8, 4) is 17.2 Å². The van der Waals surface area contributed by atoms with Crippen LogP contribution in [-0.4, -0.2) is 44.5 Å². The van der Waals surface area contributed by atoms with E-state index in [9.17, 15) is 14.7 Å². The van der Waals surface area contributed by atoms with Gasteiger partial charge in [0, 0.05) is 6.54 Å². The van der Waals surface area contributed by atoms with E-state index in [0.29, 0.717) is 23.7 Å². The monoisotopic (exact) mass is 354 g/mol. The Morgan fingerprint density at radius 1 is 1.12 bits per heavy atom. The summed E-state index contributed by atoms with van der Waals surface area (Å²) in [5.74, 6) is 0.173. The van der Waals surface area contributed by atoms with Crippen LogP contribution in [0.3, 0.4) is 0 Å². The minimum absolute atomic E-state index is 0.176. The summed E-state index contributed by atoms with van der Waals surface area (Å²) in [6, 6.07) is 1.93. The summed E-state index contributed by atoms with van der Waals surface area (Å²) < 4.78 is 15.8. The van der Waals surface area contributed by atoms with Gasteiger partial charge in [-0.25, -0.2) is 9.59 Å². The van der Waals surface area contributed by atoms with Crippen molar-refractivity contribution in [1.82, 2.24) is 10.6 Å². The molecule has 8 heteroatoms. The summed E-state index contributed by atoms with van der Waals surface area (Å²) in [6.45, 7) is 3.82. The van der Waals surface area contributed by atoms with Crippen LogP contribution in [0.4, 0.5) is 4.79 Å². The van der Waals surface area contributed by atoms with Gasteiger partial charge in [0.2, 0.25) is 5.75 Å². The fourth-order valence-electron chi connectivity index (χ4n) is 2.30. The third kappa shape index (κ3) is 5.44. The molecule has 140 valence electrons. The molecule has 0 bridgehead atoms. The maximum Gasteiger partial charge on any atom is 0.326 e. The lowest BCUT2D eigenvalue weighted by Crippen LogP contribution is -2.48. The molecule has 2 atom stereocenters. The second-order valence-electron chi connectivity index (χ2n) is 5.56. The number of carbonyl (C=O) groups is 2. The van der Waals surface area contributed by atoms with Crippen molar-refractivity contribution in [3.05, 3.63) is 17.7 Å². The number of carboxylic acid groups (broad SMARTS) is 1. The van der Waals surface area contributed by atoms with Crippen molar-refractivity contribution < 1.29 is 28.9 Å². The van der Waals surface area contributed by atoms with E-state index < -0.39 is 18.0 Å². The molecule has 8 nitrogen and oxygen atoms in total. The molecule has 0 heterocycles. The number of benzene rings is 1. The number of aliphatic carboxylic acids is 1. The highest BCUT2D eigenvalue weighted by molar-refractivity contribution is 5.82. The van der Waals surface area contributed by atoms with E-state index in [-0.39, 0.29) is 12.5 Å². The average Bonchev–Trinajstić information content (AvgIpc) is 2.62. The highest BCUT2D eigenvalue weighted by Crippen LogP contribution is 2.38. The number of nitrogens with one attached hydrogen (secondary N) is 2. The number of rotatable bonds is 9. The summed E-state index contributed by atoms with van der Waals surface area (Å²) >= 11 is 0. The largest absolute Gasteiger partial charge is 0.493 e. The number of methoxy groups -OCH3 is 3. The molecule has 0 aliphatic heterocycles. The summed E-state index contributed by atoms with van der Waals surface area (Å²) in [4.78, 5) is 23.3. The standard InChI is InChI=1S/C17H26N2O6/c1-6-10(2)14(16(20)21)19-17(22)18-9-11-7-12(23-3)15(25-5)13(8-11)24-4/h7-8,10,14H,6,9H2,1-5H3,(H,20,21)(H2,18,19,22)/t10-,14+/m1/s1. The molecule has 0 unspecified atom stereocenters. The molecule has 0 aromatic heterocycles. The Hall–Kier alpha value is -2.64. The number of hydrogen-bond donors (Lipinski definition) is 3. The fourth-order valence-corrected chi connectivity index (χ4v) is 2.30. The van der Waals surface area contributed by atoms with Crippen LogP contribution in [0.15, 0.2) is 12.1 Å². The Bertz CT molecular complexity index is 580. The highest BCUT2D eigenvalue weighted by atomic mass is 16.5. The number of hydrogen-bond acceptors (Lipinski definition) is 5. The minimum atomic E-state index is -1.06. The van der Waals surface area contributed by atoms with E-state index in [2.05, 4.69) is 10.6 Å². The fraction of sp³-hybridized carbons (Fsp3) is 0.529. The van der Waals surface area contributed by atoms with Crippen molar-refractivity contribution in [2.45, 2.75) is 32.9 Å². The number of ether oxygens (including phenoxy) is 3. The smallest absolute Gasteiger partial charge is 0.326 e. The van der Waals surface area contributed by atoms with Gasteiger partial charge in [-0.2, -0.15) is 0 Å². The van der Waals surface area contributed by atoms with Crippen LogP contribution in [0.5, 0.6) is 17.2 Å². The van der Waals surface area contributed by atoms with Gasteiger partial charge in [0.1, 0.15) is 6.04 Å². The molecule has 0 aliphatic rings. The zero-order valence-electron chi connectivity index (χ0n) is 15.2. The summed E-state index contributed by atoms with van der Waals surface area (Å²) in [6.07, 6.45) is 0.643. The minimum Gasteiger partial charge on any atom is -0.493 e. The first-order valence-electron chi connectivity index (χ1n) is 7.93. The molecule has 2 amide bonds. The highest BCUT2D eigenvalue weighted by Gasteiger charge is 2.25. The van der Waals surface area contributed by atoms with Crippen molar-refractivity contribution in [1.29, 1.82) is 0 Å². The summed E-state index contributed by atoms with van der Waals surface area (Å²) in [5, 5.41) is 14.3. The molecular weight excluding hydrogens is 328 g/mol. The van der Waals surface area contributed by atoms with Crippen LogP contribution in [0.1, 0.15) is 25.8 Å². The lowest BCUT2D eigenvalue weighted by Gasteiger charge is -2.20. The van der Waals surface area contributed by atoms with Gasteiger partial charge in [0.15, 0.2) is 11.5 Å². The van der Waals surface area contributed by atoms with Gasteiger partial charge >= 0.3 is 12.0 Å². The predicted molar refractivity (Wildman–Crippen MR) is 92.3 cm³/mol. The third-order valence-corrected chi connectivity index (χ3v) is 3.94. The molecule has 25 heavy (non-hydrogen) atoms. The molecule has 0 radical (unpaired) electrons. The third-order valence-electron chi connectivity index (χ3n) is 3.94. The molecule has 1 aromatic carbocycles. The van der Waals surface area contributed by atoms with E-state index in [4.69, 9.17) is 14.2 Å². The first-order chi connectivity index (χ1) is 11.9. The van der Waals surface area contributed by atoms with Crippen LogP contribution in [-0.2, 0) is 11.3 Å². The number of carbonyl (C=O) groups excluding carboxylic acids is 1. The lowest BCUT2D eigenvalue weighted by atomic mass is 9.99. The van der Waals surface area contributed by atoms with E-state index in [1.54, 1.807) is 19.1 Å². The Morgan fingerprint density at radius 3 is 2.08 bits per heavy atom. The quantitative estimate of drug-likeness (QED) is 0.626. The molecule has 0 fully saturated rings. The van der Waals surface area contributed by atoms with Crippen molar-refractivity contribution in [2.75, 3.05) is 21.3 Å². The van der Waals surface area contributed by atoms with E-state index in [1.165, 1.54) is 21.3 Å². The maximum absolute atomic E-state index is 12.0. The van der Waals surface area contributed by atoms with Crippen LogP contribution >= 0.6 is 0 Å². The van der Waals surface area contributed by atoms with Gasteiger partial charge in [-0.05, 0) is 23.6 Å². The van der Waals surface area contributed by atoms with Gasteiger partial charge in [0.25, 0.3) is 0 Å². The molecule has 1 rings (SSSR count). The van der Waals surface area contributed by atoms with Gasteiger partial charge in [-0.15, -0.1) is 0 Å². The van der Waals surface area contributed by atoms with Gasteiger partial charge in [-0.3, -0.25) is 0 Å². The first kappa shape index (κ1) is 20.4. The van der Waals surface area contributed by atoms with E-state index in [1.807, 2.05) is 6.92 Å². The van der Waals surface area contributed by atoms with Crippen LogP contribution < -0.4 is 24.8 Å². The topological polar surface area (TPSA) is 106 Å². The van der Waals surface area contributed by atoms with Crippen molar-refractivity contribution in [3.63, 3.8) is 0 Å². The number of carboxylic acids is 1. The lowest BCUT2D eigenvalue weighted by molar-refractivity contribution is -0.140. The van der Waals surface area contributed by atoms with Gasteiger partial charge in [0.05, 0.1) is 21.3 Å². The maximum atomic E-state index is 12.0. The Labute approximate surface area is 147 Å². The van der Waals surface area contributed by atoms with Gasteiger partial charge in [-0.1, -0.05) is 20.3 Å². The SMILES string of the molecule is CC[C@@H](C)[C@H](NC(=O)NCc1cc(OC)c(OC)c(OC)c1)C(=O)O. The zero-order chi connectivity index (χ0) is 19.0. The molecule has 3 N–H and O–H groups in total. The van der Waals surface area contributed by atoms with Gasteiger partial charge < -0.3 is 30.0 Å². The van der Waals surface area contributed by atoms with Crippen LogP contribution in [0.25, 0.3) is 0 Å². The first-order valence-corrected chi connectivity index (χ1v) is 7.93. The number of amides is 2. The van der Waals surface area contributed by atoms with Crippen molar-refractivity contribution >= 4 is 12.0 Å². The molecule has 1 aromatic rings. The molecule has 0 saturated carbocycles. The van der Waals surface area contributed by atoms with Crippen molar-refractivity contribution in [2.24, 2.45) is 5.92 Å². The summed E-state index contributed by atoms with van der Waals surface area (Å²) in [7, 11) is 4.52. The summed E-state index contributed by atoms with van der Waals surface area (Å²) in [5.41, 5.74) is 0.722. The van der Waals surface area contributed by atoms with E-state index >= 15 is 0 Å². The Kier molecular flexibility index (Phi) is 7.84. The molecule has 0 aliphatic carbocycles. The Morgan fingerprint density at radius 2 is 1.68 bits per heavy atom. The van der Waals surface area contributed by atoms with E-state index in [0.717, 1.165) is 5.56 Å². The van der Waals surface area contributed by atoms with Crippen LogP contribution in [0.2, 0.25) is 0 Å².